The van der Waals surface area contributed by atoms with Crippen molar-refractivity contribution in [1.82, 2.24) is 5.32 Å². The summed E-state index contributed by atoms with van der Waals surface area (Å²) >= 11 is 0. The Morgan fingerprint density at radius 1 is 1.60 bits per heavy atom. The zero-order valence-electron chi connectivity index (χ0n) is 9.36. The number of nitrogens with zero attached hydrogens (tertiary/aromatic N) is 1. The molecular formula is C11H19N3O. The topological polar surface area (TPSA) is 63.5 Å². The molecule has 3 N–H and O–H groups in total. The van der Waals surface area contributed by atoms with Crippen molar-refractivity contribution in [1.29, 1.82) is 0 Å². The summed E-state index contributed by atoms with van der Waals surface area (Å²) in [5.74, 6) is 1.98. The molecule has 4 heteroatoms. The highest BCUT2D eigenvalue weighted by atomic mass is 16.3. The minimum Gasteiger partial charge on any atom is -0.467 e. The summed E-state index contributed by atoms with van der Waals surface area (Å²) in [6.07, 6.45) is 2.73. The van der Waals surface area contributed by atoms with Crippen molar-refractivity contribution < 1.29 is 4.42 Å². The monoisotopic (exact) mass is 209 g/mol. The van der Waals surface area contributed by atoms with Gasteiger partial charge in [0, 0.05) is 6.54 Å². The lowest BCUT2D eigenvalue weighted by Gasteiger charge is -2.06. The number of furan rings is 1. The van der Waals surface area contributed by atoms with E-state index in [4.69, 9.17) is 10.2 Å². The summed E-state index contributed by atoms with van der Waals surface area (Å²) in [5, 5.41) is 3.06. The van der Waals surface area contributed by atoms with E-state index in [1.807, 2.05) is 12.1 Å². The van der Waals surface area contributed by atoms with Gasteiger partial charge in [0.05, 0.1) is 6.26 Å². The molecule has 0 aliphatic heterocycles. The summed E-state index contributed by atoms with van der Waals surface area (Å²) in [4.78, 5) is 4.15. The Morgan fingerprint density at radius 3 is 3.00 bits per heavy atom. The zero-order chi connectivity index (χ0) is 11.1. The lowest BCUT2D eigenvalue weighted by atomic mass is 10.1. The Labute approximate surface area is 90.6 Å². The highest BCUT2D eigenvalue weighted by molar-refractivity contribution is 5.77. The van der Waals surface area contributed by atoms with Crippen LogP contribution in [-0.4, -0.2) is 12.5 Å². The number of hydrogen-bond acceptors (Lipinski definition) is 2. The predicted octanol–water partition coefficient (Wildman–Crippen LogP) is 1.73. The normalized spacial score (nSPS) is 12.1. The Hall–Kier alpha value is -1.45. The van der Waals surface area contributed by atoms with Crippen molar-refractivity contribution in [3.05, 3.63) is 24.2 Å². The second-order valence-electron chi connectivity index (χ2n) is 3.89. The molecule has 0 atom stereocenters. The van der Waals surface area contributed by atoms with Gasteiger partial charge in [-0.2, -0.15) is 0 Å². The smallest absolute Gasteiger partial charge is 0.189 e. The maximum absolute atomic E-state index is 5.67. The third-order valence-electron chi connectivity index (χ3n) is 2.01. The molecular weight excluding hydrogens is 190 g/mol. The molecule has 0 aliphatic carbocycles. The fraction of sp³-hybridized carbons (Fsp3) is 0.545. The van der Waals surface area contributed by atoms with Gasteiger partial charge in [0.25, 0.3) is 0 Å². The van der Waals surface area contributed by atoms with Crippen molar-refractivity contribution in [3.8, 4) is 0 Å². The van der Waals surface area contributed by atoms with Crippen LogP contribution >= 0.6 is 0 Å². The fourth-order valence-corrected chi connectivity index (χ4v) is 1.11. The van der Waals surface area contributed by atoms with E-state index in [0.717, 1.165) is 18.7 Å². The van der Waals surface area contributed by atoms with Crippen molar-refractivity contribution in [2.75, 3.05) is 6.54 Å². The van der Waals surface area contributed by atoms with Crippen LogP contribution in [-0.2, 0) is 6.54 Å². The van der Waals surface area contributed by atoms with E-state index in [2.05, 4.69) is 24.2 Å². The van der Waals surface area contributed by atoms with Crippen molar-refractivity contribution in [2.45, 2.75) is 26.8 Å². The molecule has 1 aromatic rings. The lowest BCUT2D eigenvalue weighted by Crippen LogP contribution is -2.32. The molecule has 0 amide bonds. The van der Waals surface area contributed by atoms with E-state index >= 15 is 0 Å². The quantitative estimate of drug-likeness (QED) is 0.573. The molecule has 0 saturated heterocycles. The van der Waals surface area contributed by atoms with Crippen LogP contribution in [0.25, 0.3) is 0 Å². The summed E-state index contributed by atoms with van der Waals surface area (Å²) in [6.45, 7) is 5.72. The van der Waals surface area contributed by atoms with E-state index < -0.39 is 0 Å². The molecule has 1 aromatic heterocycles. The Kier molecular flexibility index (Phi) is 4.74. The molecule has 0 radical (unpaired) electrons. The minimum absolute atomic E-state index is 0.479. The first kappa shape index (κ1) is 11.6. The van der Waals surface area contributed by atoms with Crippen molar-refractivity contribution in [2.24, 2.45) is 16.6 Å². The van der Waals surface area contributed by atoms with Gasteiger partial charge < -0.3 is 15.5 Å². The number of aliphatic imine (C=N–C) groups is 1. The predicted molar refractivity (Wildman–Crippen MR) is 61.5 cm³/mol. The number of hydrogen-bond donors (Lipinski definition) is 2. The molecule has 0 fully saturated rings. The van der Waals surface area contributed by atoms with Gasteiger partial charge in [0.2, 0.25) is 0 Å². The van der Waals surface area contributed by atoms with Crippen LogP contribution in [0.5, 0.6) is 0 Å². The summed E-state index contributed by atoms with van der Waals surface area (Å²) < 4.78 is 5.14. The molecule has 84 valence electrons. The lowest BCUT2D eigenvalue weighted by molar-refractivity contribution is 0.512. The van der Waals surface area contributed by atoms with Gasteiger partial charge in [-0.3, -0.25) is 0 Å². The molecule has 0 saturated carbocycles. The molecule has 1 rings (SSSR count). The van der Waals surface area contributed by atoms with Crippen molar-refractivity contribution >= 4 is 5.96 Å². The maximum Gasteiger partial charge on any atom is 0.189 e. The van der Waals surface area contributed by atoms with Gasteiger partial charge >= 0.3 is 0 Å². The molecule has 1 heterocycles. The van der Waals surface area contributed by atoms with E-state index in [1.165, 1.54) is 0 Å². The van der Waals surface area contributed by atoms with Crippen LogP contribution in [0.1, 0.15) is 26.0 Å². The Morgan fingerprint density at radius 2 is 2.40 bits per heavy atom. The van der Waals surface area contributed by atoms with Crippen LogP contribution in [0.15, 0.2) is 27.8 Å². The van der Waals surface area contributed by atoms with E-state index in [1.54, 1.807) is 6.26 Å². The SMILES string of the molecule is CC(C)CCNC(N)=NCc1ccco1. The number of nitrogens with two attached hydrogens (primary N) is 1. The third-order valence-corrected chi connectivity index (χ3v) is 2.01. The Balaban J connectivity index is 2.21. The van der Waals surface area contributed by atoms with Gasteiger partial charge in [0.1, 0.15) is 12.3 Å². The van der Waals surface area contributed by atoms with Crippen LogP contribution in [0, 0.1) is 5.92 Å². The summed E-state index contributed by atoms with van der Waals surface area (Å²) in [5.41, 5.74) is 5.67. The fourth-order valence-electron chi connectivity index (χ4n) is 1.11. The van der Waals surface area contributed by atoms with Crippen LogP contribution in [0.3, 0.4) is 0 Å². The molecule has 0 aromatic carbocycles. The largest absolute Gasteiger partial charge is 0.467 e. The second-order valence-corrected chi connectivity index (χ2v) is 3.89. The number of nitrogens with one attached hydrogen (secondary N) is 1. The Bertz CT molecular complexity index is 291. The number of guanidine groups is 1. The van der Waals surface area contributed by atoms with Gasteiger partial charge in [-0.05, 0) is 24.5 Å². The second kappa shape index (κ2) is 6.11. The summed E-state index contributed by atoms with van der Waals surface area (Å²) in [6, 6.07) is 3.72. The summed E-state index contributed by atoms with van der Waals surface area (Å²) in [7, 11) is 0. The first-order valence-corrected chi connectivity index (χ1v) is 5.24. The average Bonchev–Trinajstić information content (AvgIpc) is 2.66. The maximum atomic E-state index is 5.67. The standard InChI is InChI=1S/C11H19N3O/c1-9(2)5-6-13-11(12)14-8-10-4-3-7-15-10/h3-4,7,9H,5-6,8H2,1-2H3,(H3,12,13,14). The van der Waals surface area contributed by atoms with Gasteiger partial charge in [0.15, 0.2) is 5.96 Å². The van der Waals surface area contributed by atoms with E-state index in [-0.39, 0.29) is 0 Å². The zero-order valence-corrected chi connectivity index (χ0v) is 9.36. The minimum atomic E-state index is 0.479. The van der Waals surface area contributed by atoms with Crippen LogP contribution in [0.2, 0.25) is 0 Å². The third kappa shape index (κ3) is 5.10. The molecule has 15 heavy (non-hydrogen) atoms. The first-order chi connectivity index (χ1) is 7.18. The molecule has 0 aliphatic rings. The first-order valence-electron chi connectivity index (χ1n) is 5.24. The molecule has 0 bridgehead atoms. The number of rotatable bonds is 5. The average molecular weight is 209 g/mol. The van der Waals surface area contributed by atoms with Gasteiger partial charge in [-0.25, -0.2) is 4.99 Å². The van der Waals surface area contributed by atoms with E-state index in [9.17, 15) is 0 Å². The highest BCUT2D eigenvalue weighted by Gasteiger charge is 1.96. The van der Waals surface area contributed by atoms with Gasteiger partial charge in [-0.1, -0.05) is 13.8 Å². The van der Waals surface area contributed by atoms with E-state index in [0.29, 0.717) is 18.4 Å². The van der Waals surface area contributed by atoms with Crippen LogP contribution < -0.4 is 11.1 Å². The van der Waals surface area contributed by atoms with Crippen molar-refractivity contribution in [3.63, 3.8) is 0 Å². The molecule has 4 nitrogen and oxygen atoms in total. The van der Waals surface area contributed by atoms with Gasteiger partial charge in [-0.15, -0.1) is 0 Å². The van der Waals surface area contributed by atoms with Crippen LogP contribution in [0.4, 0.5) is 0 Å². The highest BCUT2D eigenvalue weighted by Crippen LogP contribution is 2.01. The molecule has 0 spiro atoms. The molecule has 0 unspecified atom stereocenters.